The standard InChI is InChI=1S/C18H19N5O/c1-21-9-11-22(12-10-21)17-8-7-16-19-18(14-5-3-2-4-6-14)15(13-24)23(16)20-17/h2-8,13H,9-12H2,1H3. The second-order valence-electron chi connectivity index (χ2n) is 6.08. The number of anilines is 1. The summed E-state index contributed by atoms with van der Waals surface area (Å²) in [5, 5.41) is 4.67. The van der Waals surface area contributed by atoms with Crippen molar-refractivity contribution in [2.24, 2.45) is 0 Å². The van der Waals surface area contributed by atoms with Crippen LogP contribution in [-0.4, -0.2) is 59.0 Å². The molecule has 6 nitrogen and oxygen atoms in total. The van der Waals surface area contributed by atoms with Gasteiger partial charge in [-0.05, 0) is 19.2 Å². The Hall–Kier alpha value is -2.73. The Morgan fingerprint density at radius 3 is 2.46 bits per heavy atom. The summed E-state index contributed by atoms with van der Waals surface area (Å²) in [5.74, 6) is 0.885. The lowest BCUT2D eigenvalue weighted by Gasteiger charge is -2.33. The number of likely N-dealkylation sites (N-methyl/N-ethyl adjacent to an activating group) is 1. The fraction of sp³-hybridized carbons (Fsp3) is 0.278. The van der Waals surface area contributed by atoms with E-state index in [1.54, 1.807) is 4.52 Å². The molecular formula is C18H19N5O. The van der Waals surface area contributed by atoms with Gasteiger partial charge in [0.1, 0.15) is 17.2 Å². The van der Waals surface area contributed by atoms with Crippen molar-refractivity contribution in [2.75, 3.05) is 38.1 Å². The first-order chi connectivity index (χ1) is 11.8. The minimum Gasteiger partial charge on any atom is -0.353 e. The highest BCUT2D eigenvalue weighted by Gasteiger charge is 2.18. The molecule has 24 heavy (non-hydrogen) atoms. The topological polar surface area (TPSA) is 53.7 Å². The molecule has 1 saturated heterocycles. The first-order valence-corrected chi connectivity index (χ1v) is 8.10. The SMILES string of the molecule is CN1CCN(c2ccc3nc(-c4ccccc4)c(C=O)n3n2)CC1. The maximum Gasteiger partial charge on any atom is 0.170 e. The van der Waals surface area contributed by atoms with E-state index in [4.69, 9.17) is 0 Å². The molecule has 122 valence electrons. The van der Waals surface area contributed by atoms with Gasteiger partial charge in [-0.1, -0.05) is 30.3 Å². The Bertz CT molecular complexity index is 866. The summed E-state index contributed by atoms with van der Waals surface area (Å²) >= 11 is 0. The van der Waals surface area contributed by atoms with Gasteiger partial charge >= 0.3 is 0 Å². The van der Waals surface area contributed by atoms with Crippen molar-refractivity contribution in [3.05, 3.63) is 48.2 Å². The molecule has 0 N–H and O–H groups in total. The Morgan fingerprint density at radius 2 is 1.75 bits per heavy atom. The molecule has 0 radical (unpaired) electrons. The van der Waals surface area contributed by atoms with E-state index in [0.29, 0.717) is 17.0 Å². The quantitative estimate of drug-likeness (QED) is 0.690. The Kier molecular flexibility index (Phi) is 3.74. The molecule has 0 unspecified atom stereocenters. The third-order valence-corrected chi connectivity index (χ3v) is 4.48. The second kappa shape index (κ2) is 6.05. The zero-order chi connectivity index (χ0) is 16.5. The van der Waals surface area contributed by atoms with E-state index < -0.39 is 0 Å². The highest BCUT2D eigenvalue weighted by molar-refractivity contribution is 5.86. The van der Waals surface area contributed by atoms with Crippen molar-refractivity contribution in [2.45, 2.75) is 0 Å². The number of carbonyl (C=O) groups excluding carboxylic acids is 1. The monoisotopic (exact) mass is 321 g/mol. The molecule has 1 aliphatic heterocycles. The molecule has 3 aromatic rings. The number of hydrogen-bond acceptors (Lipinski definition) is 5. The van der Waals surface area contributed by atoms with Gasteiger partial charge in [0.2, 0.25) is 0 Å². The van der Waals surface area contributed by atoms with Crippen molar-refractivity contribution in [1.29, 1.82) is 0 Å². The molecule has 0 saturated carbocycles. The van der Waals surface area contributed by atoms with Crippen LogP contribution in [0.4, 0.5) is 5.82 Å². The number of benzene rings is 1. The molecule has 4 rings (SSSR count). The molecule has 0 spiro atoms. The molecule has 6 heteroatoms. The third-order valence-electron chi connectivity index (χ3n) is 4.48. The minimum absolute atomic E-state index is 0.493. The van der Waals surface area contributed by atoms with Crippen LogP contribution in [0.3, 0.4) is 0 Å². The Balaban J connectivity index is 1.78. The van der Waals surface area contributed by atoms with E-state index in [1.807, 2.05) is 42.5 Å². The van der Waals surface area contributed by atoms with Crippen molar-refractivity contribution in [1.82, 2.24) is 19.5 Å². The molecule has 0 bridgehead atoms. The number of aldehydes is 1. The average Bonchev–Trinajstić information content (AvgIpc) is 3.01. The van der Waals surface area contributed by atoms with Crippen molar-refractivity contribution in [3.8, 4) is 11.3 Å². The summed E-state index contributed by atoms with van der Waals surface area (Å²) in [6.45, 7) is 3.90. The van der Waals surface area contributed by atoms with Gasteiger partial charge in [-0.3, -0.25) is 4.79 Å². The van der Waals surface area contributed by atoms with Crippen LogP contribution in [0, 0.1) is 0 Å². The van der Waals surface area contributed by atoms with Gasteiger partial charge in [-0.2, -0.15) is 0 Å². The van der Waals surface area contributed by atoms with Crippen LogP contribution >= 0.6 is 0 Å². The third kappa shape index (κ3) is 2.55. The van der Waals surface area contributed by atoms with Crippen LogP contribution < -0.4 is 4.90 Å². The molecular weight excluding hydrogens is 302 g/mol. The smallest absolute Gasteiger partial charge is 0.170 e. The molecule has 0 amide bonds. The van der Waals surface area contributed by atoms with Crippen LogP contribution in [0.2, 0.25) is 0 Å². The number of rotatable bonds is 3. The minimum atomic E-state index is 0.493. The summed E-state index contributed by atoms with van der Waals surface area (Å²) < 4.78 is 1.66. The van der Waals surface area contributed by atoms with Crippen LogP contribution in [0.5, 0.6) is 0 Å². The Labute approximate surface area is 140 Å². The normalized spacial score (nSPS) is 15.8. The number of imidazole rings is 1. The van der Waals surface area contributed by atoms with Gasteiger partial charge < -0.3 is 9.80 Å². The van der Waals surface area contributed by atoms with E-state index in [1.165, 1.54) is 0 Å². The number of carbonyl (C=O) groups is 1. The summed E-state index contributed by atoms with van der Waals surface area (Å²) in [4.78, 5) is 20.8. The highest BCUT2D eigenvalue weighted by Crippen LogP contribution is 2.24. The van der Waals surface area contributed by atoms with E-state index in [0.717, 1.165) is 43.8 Å². The van der Waals surface area contributed by atoms with Crippen LogP contribution in [0.25, 0.3) is 16.9 Å². The second-order valence-corrected chi connectivity index (χ2v) is 6.08. The van der Waals surface area contributed by atoms with Gasteiger partial charge in [0.05, 0.1) is 0 Å². The first kappa shape index (κ1) is 14.8. The van der Waals surface area contributed by atoms with Crippen molar-refractivity contribution in [3.63, 3.8) is 0 Å². The zero-order valence-corrected chi connectivity index (χ0v) is 13.6. The summed E-state index contributed by atoms with van der Waals surface area (Å²) in [6.07, 6.45) is 0.836. The van der Waals surface area contributed by atoms with E-state index in [9.17, 15) is 4.79 Å². The van der Waals surface area contributed by atoms with Crippen LogP contribution in [0.15, 0.2) is 42.5 Å². The molecule has 3 heterocycles. The summed E-state index contributed by atoms with van der Waals surface area (Å²) in [7, 11) is 2.13. The van der Waals surface area contributed by atoms with E-state index >= 15 is 0 Å². The number of hydrogen-bond donors (Lipinski definition) is 0. The lowest BCUT2D eigenvalue weighted by atomic mass is 10.1. The van der Waals surface area contributed by atoms with Gasteiger partial charge in [0.25, 0.3) is 0 Å². The maximum absolute atomic E-state index is 11.7. The molecule has 1 aromatic carbocycles. The van der Waals surface area contributed by atoms with E-state index in [-0.39, 0.29) is 0 Å². The van der Waals surface area contributed by atoms with Gasteiger partial charge in [-0.15, -0.1) is 5.10 Å². The highest BCUT2D eigenvalue weighted by atomic mass is 16.1. The number of nitrogens with zero attached hydrogens (tertiary/aromatic N) is 5. The van der Waals surface area contributed by atoms with Crippen molar-refractivity contribution >= 4 is 17.8 Å². The number of fused-ring (bicyclic) bond motifs is 1. The first-order valence-electron chi connectivity index (χ1n) is 8.10. The number of aromatic nitrogens is 3. The van der Waals surface area contributed by atoms with Gasteiger partial charge in [0.15, 0.2) is 11.9 Å². The fourth-order valence-corrected chi connectivity index (χ4v) is 3.06. The predicted octanol–water partition coefficient (Wildman–Crippen LogP) is 1.96. The largest absolute Gasteiger partial charge is 0.353 e. The molecule has 0 atom stereocenters. The number of piperazine rings is 1. The average molecular weight is 321 g/mol. The zero-order valence-electron chi connectivity index (χ0n) is 13.6. The van der Waals surface area contributed by atoms with Crippen LogP contribution in [0.1, 0.15) is 10.5 Å². The molecule has 0 aliphatic carbocycles. The maximum atomic E-state index is 11.7. The molecule has 1 fully saturated rings. The molecule has 1 aliphatic rings. The summed E-state index contributed by atoms with van der Waals surface area (Å²) in [5.41, 5.74) is 2.78. The Morgan fingerprint density at radius 1 is 1.00 bits per heavy atom. The summed E-state index contributed by atoms with van der Waals surface area (Å²) in [6, 6.07) is 13.7. The lowest BCUT2D eigenvalue weighted by molar-refractivity contribution is 0.111. The van der Waals surface area contributed by atoms with E-state index in [2.05, 4.69) is 26.9 Å². The fourth-order valence-electron chi connectivity index (χ4n) is 3.06. The van der Waals surface area contributed by atoms with Gasteiger partial charge in [-0.25, -0.2) is 9.50 Å². The van der Waals surface area contributed by atoms with Gasteiger partial charge in [0, 0.05) is 31.7 Å². The van der Waals surface area contributed by atoms with Crippen LogP contribution in [-0.2, 0) is 0 Å². The molecule has 2 aromatic heterocycles. The lowest BCUT2D eigenvalue weighted by Crippen LogP contribution is -2.44. The van der Waals surface area contributed by atoms with Crippen molar-refractivity contribution < 1.29 is 4.79 Å². The predicted molar refractivity (Wildman–Crippen MR) is 93.5 cm³/mol.